The molecule has 0 fully saturated rings. The summed E-state index contributed by atoms with van der Waals surface area (Å²) in [5, 5.41) is 12.1. The van der Waals surface area contributed by atoms with Crippen molar-refractivity contribution in [2.75, 3.05) is 13.7 Å². The highest BCUT2D eigenvalue weighted by Gasteiger charge is 2.08. The summed E-state index contributed by atoms with van der Waals surface area (Å²) in [6.07, 6.45) is 3.13. The summed E-state index contributed by atoms with van der Waals surface area (Å²) >= 11 is 5.97. The molecule has 0 radical (unpaired) electrons. The lowest BCUT2D eigenvalue weighted by molar-refractivity contribution is -0.117. The van der Waals surface area contributed by atoms with Gasteiger partial charge >= 0.3 is 0 Å². The van der Waals surface area contributed by atoms with Crippen LogP contribution in [0.25, 0.3) is 6.08 Å². The molecule has 6 heteroatoms. The third-order valence-electron chi connectivity index (χ3n) is 3.61. The van der Waals surface area contributed by atoms with Crippen molar-refractivity contribution >= 4 is 23.6 Å². The first-order valence-corrected chi connectivity index (χ1v) is 8.33. The van der Waals surface area contributed by atoms with Crippen molar-refractivity contribution in [3.8, 4) is 17.6 Å². The summed E-state index contributed by atoms with van der Waals surface area (Å²) in [5.74, 6) is 0.751. The number of hydrogen-bond donors (Lipinski definition) is 1. The van der Waals surface area contributed by atoms with Gasteiger partial charge in [-0.3, -0.25) is 4.79 Å². The van der Waals surface area contributed by atoms with Crippen LogP contribution in [0.15, 0.2) is 48.5 Å². The van der Waals surface area contributed by atoms with Crippen LogP contribution in [0.5, 0.6) is 11.5 Å². The molecule has 1 amide bonds. The molecule has 2 rings (SSSR count). The van der Waals surface area contributed by atoms with Crippen molar-refractivity contribution in [2.45, 2.75) is 13.0 Å². The molecule has 0 heterocycles. The minimum Gasteiger partial charge on any atom is -0.493 e. The van der Waals surface area contributed by atoms with Crippen molar-refractivity contribution in [2.24, 2.45) is 0 Å². The molecular formula is C20H19ClN2O3. The summed E-state index contributed by atoms with van der Waals surface area (Å²) in [6.45, 7) is 1.83. The van der Waals surface area contributed by atoms with Crippen LogP contribution in [0.1, 0.15) is 24.1 Å². The Hall–Kier alpha value is -2.97. The van der Waals surface area contributed by atoms with Crippen molar-refractivity contribution in [3.63, 3.8) is 0 Å². The van der Waals surface area contributed by atoms with E-state index in [0.29, 0.717) is 16.5 Å². The van der Waals surface area contributed by atoms with E-state index in [1.165, 1.54) is 13.2 Å². The van der Waals surface area contributed by atoms with E-state index in [1.807, 2.05) is 31.2 Å². The first-order valence-electron chi connectivity index (χ1n) is 7.95. The number of methoxy groups -OCH3 is 1. The Balaban J connectivity index is 2.02. The number of nitrogens with zero attached hydrogens (tertiary/aromatic N) is 1. The molecule has 134 valence electrons. The van der Waals surface area contributed by atoms with Crippen molar-refractivity contribution in [3.05, 3.63) is 64.7 Å². The summed E-state index contributed by atoms with van der Waals surface area (Å²) in [7, 11) is 1.52. The van der Waals surface area contributed by atoms with Gasteiger partial charge in [0.25, 0.3) is 0 Å². The number of nitrogens with one attached hydrogen (secondary N) is 1. The molecule has 0 saturated heterocycles. The van der Waals surface area contributed by atoms with E-state index in [0.717, 1.165) is 11.1 Å². The molecule has 0 aliphatic rings. The Kier molecular flexibility index (Phi) is 7.07. The Morgan fingerprint density at radius 1 is 1.31 bits per heavy atom. The van der Waals surface area contributed by atoms with Gasteiger partial charge in [0.1, 0.15) is 6.07 Å². The number of benzene rings is 2. The van der Waals surface area contributed by atoms with Gasteiger partial charge in [-0.05, 0) is 48.4 Å². The van der Waals surface area contributed by atoms with Gasteiger partial charge in [0.15, 0.2) is 18.1 Å². The summed E-state index contributed by atoms with van der Waals surface area (Å²) in [4.78, 5) is 12.1. The maximum Gasteiger partial charge on any atom is 0.244 e. The lowest BCUT2D eigenvalue weighted by Gasteiger charge is -2.13. The van der Waals surface area contributed by atoms with E-state index in [-0.39, 0.29) is 18.6 Å². The fraction of sp³-hybridized carbons (Fsp3) is 0.200. The van der Waals surface area contributed by atoms with Crippen LogP contribution in [0, 0.1) is 11.3 Å². The highest BCUT2D eigenvalue weighted by molar-refractivity contribution is 6.30. The third kappa shape index (κ3) is 5.54. The minimum atomic E-state index is -0.221. The Morgan fingerprint density at radius 2 is 2.12 bits per heavy atom. The fourth-order valence-electron chi connectivity index (χ4n) is 2.31. The second-order valence-electron chi connectivity index (χ2n) is 5.48. The number of nitriles is 1. The number of carbonyl (C=O) groups is 1. The predicted molar refractivity (Wildman–Crippen MR) is 101 cm³/mol. The zero-order valence-electron chi connectivity index (χ0n) is 14.5. The molecule has 0 aliphatic carbocycles. The minimum absolute atomic E-state index is 0.0602. The lowest BCUT2D eigenvalue weighted by Crippen LogP contribution is -2.24. The maximum absolute atomic E-state index is 12.1. The van der Waals surface area contributed by atoms with E-state index >= 15 is 0 Å². The predicted octanol–water partition coefficient (Wildman–Crippen LogP) is 4.14. The molecule has 0 unspecified atom stereocenters. The molecule has 0 spiro atoms. The van der Waals surface area contributed by atoms with Gasteiger partial charge in [-0.2, -0.15) is 5.26 Å². The average molecular weight is 371 g/mol. The zero-order chi connectivity index (χ0) is 18.9. The number of amides is 1. The molecule has 0 aliphatic heterocycles. The SMILES string of the molecule is COc1cc(/C=C/C(=O)N[C@H](C)c2cccc(Cl)c2)ccc1OCC#N. The standard InChI is InChI=1S/C20H19ClN2O3/c1-14(16-4-3-5-17(21)13-16)23-20(24)9-7-15-6-8-18(26-11-10-22)19(12-15)25-2/h3-9,12-14H,11H2,1-2H3,(H,23,24)/b9-7+/t14-/m1/s1. The Bertz CT molecular complexity index is 843. The Morgan fingerprint density at radius 3 is 2.81 bits per heavy atom. The van der Waals surface area contributed by atoms with Crippen molar-refractivity contribution in [1.82, 2.24) is 5.32 Å². The monoisotopic (exact) mass is 370 g/mol. The quantitative estimate of drug-likeness (QED) is 0.743. The number of ether oxygens (including phenoxy) is 2. The number of hydrogen-bond acceptors (Lipinski definition) is 4. The molecule has 0 aromatic heterocycles. The van der Waals surface area contributed by atoms with E-state index < -0.39 is 0 Å². The largest absolute Gasteiger partial charge is 0.493 e. The van der Waals surface area contributed by atoms with Gasteiger partial charge < -0.3 is 14.8 Å². The molecule has 26 heavy (non-hydrogen) atoms. The maximum atomic E-state index is 12.1. The van der Waals surface area contributed by atoms with Gasteiger partial charge in [0, 0.05) is 11.1 Å². The van der Waals surface area contributed by atoms with E-state index in [1.54, 1.807) is 30.3 Å². The second-order valence-corrected chi connectivity index (χ2v) is 5.91. The van der Waals surface area contributed by atoms with Crippen LogP contribution in [0.4, 0.5) is 0 Å². The topological polar surface area (TPSA) is 71.3 Å². The summed E-state index contributed by atoms with van der Waals surface area (Å²) in [6, 6.07) is 14.3. The second kappa shape index (κ2) is 9.50. The molecule has 0 saturated carbocycles. The van der Waals surface area contributed by atoms with Gasteiger partial charge in [-0.25, -0.2) is 0 Å². The van der Waals surface area contributed by atoms with Crippen LogP contribution in [0.2, 0.25) is 5.02 Å². The summed E-state index contributed by atoms with van der Waals surface area (Å²) in [5.41, 5.74) is 1.71. The first-order chi connectivity index (χ1) is 12.5. The van der Waals surface area contributed by atoms with Crippen molar-refractivity contribution in [1.29, 1.82) is 5.26 Å². The van der Waals surface area contributed by atoms with E-state index in [2.05, 4.69) is 5.32 Å². The number of carbonyl (C=O) groups excluding carboxylic acids is 1. The van der Waals surface area contributed by atoms with Crippen LogP contribution >= 0.6 is 11.6 Å². The van der Waals surface area contributed by atoms with Crippen LogP contribution in [0.3, 0.4) is 0 Å². The van der Waals surface area contributed by atoms with Crippen LogP contribution in [-0.4, -0.2) is 19.6 Å². The number of halogens is 1. The normalized spacial score (nSPS) is 11.6. The zero-order valence-corrected chi connectivity index (χ0v) is 15.3. The highest BCUT2D eigenvalue weighted by atomic mass is 35.5. The smallest absolute Gasteiger partial charge is 0.244 e. The van der Waals surface area contributed by atoms with Gasteiger partial charge in [0.2, 0.25) is 5.91 Å². The molecule has 1 N–H and O–H groups in total. The molecule has 2 aromatic rings. The number of rotatable bonds is 7. The highest BCUT2D eigenvalue weighted by Crippen LogP contribution is 2.28. The van der Waals surface area contributed by atoms with Gasteiger partial charge in [-0.1, -0.05) is 29.8 Å². The van der Waals surface area contributed by atoms with E-state index in [9.17, 15) is 4.79 Å². The summed E-state index contributed by atoms with van der Waals surface area (Å²) < 4.78 is 10.5. The van der Waals surface area contributed by atoms with Gasteiger partial charge in [0.05, 0.1) is 13.2 Å². The average Bonchev–Trinajstić information content (AvgIpc) is 2.64. The molecular weight excluding hydrogens is 352 g/mol. The van der Waals surface area contributed by atoms with Gasteiger partial charge in [-0.15, -0.1) is 0 Å². The van der Waals surface area contributed by atoms with Crippen LogP contribution < -0.4 is 14.8 Å². The van der Waals surface area contributed by atoms with Crippen LogP contribution in [-0.2, 0) is 4.79 Å². The lowest BCUT2D eigenvalue weighted by atomic mass is 10.1. The fourth-order valence-corrected chi connectivity index (χ4v) is 2.51. The molecule has 5 nitrogen and oxygen atoms in total. The molecule has 0 bridgehead atoms. The Labute approximate surface area is 157 Å². The third-order valence-corrected chi connectivity index (χ3v) is 3.85. The molecule has 1 atom stereocenters. The first kappa shape index (κ1) is 19.4. The van der Waals surface area contributed by atoms with E-state index in [4.69, 9.17) is 26.3 Å². The molecule has 2 aromatic carbocycles. The van der Waals surface area contributed by atoms with Crippen molar-refractivity contribution < 1.29 is 14.3 Å².